The Hall–Kier alpha value is -1.99. The first-order chi connectivity index (χ1) is 27.3. The monoisotopic (exact) mass is 829 g/mol. The van der Waals surface area contributed by atoms with Gasteiger partial charge in [0.2, 0.25) is 0 Å². The first-order valence-electron chi connectivity index (χ1n) is 23.3. The van der Waals surface area contributed by atoms with Gasteiger partial charge in [-0.1, -0.05) is 0 Å². The summed E-state index contributed by atoms with van der Waals surface area (Å²) in [6, 6.07) is 14.3. The van der Waals surface area contributed by atoms with Crippen LogP contribution in [0.1, 0.15) is 202 Å². The van der Waals surface area contributed by atoms with E-state index in [2.05, 4.69) is 127 Å². The van der Waals surface area contributed by atoms with Gasteiger partial charge in [-0.25, -0.2) is 0 Å². The summed E-state index contributed by atoms with van der Waals surface area (Å²) in [5.41, 5.74) is 13.6. The molecule has 0 amide bonds. The van der Waals surface area contributed by atoms with Crippen LogP contribution in [-0.4, -0.2) is 30.1 Å². The predicted octanol–water partition coefficient (Wildman–Crippen LogP) is 15.9. The summed E-state index contributed by atoms with van der Waals surface area (Å²) in [7, 11) is 0. The predicted molar refractivity (Wildman–Crippen MR) is 254 cm³/mol. The van der Waals surface area contributed by atoms with Crippen LogP contribution in [0.15, 0.2) is 77.7 Å². The Morgan fingerprint density at radius 1 is 0.632 bits per heavy atom. The SMILES string of the molecule is CC(C)c1cccc(C(C)C)c1C1=CC=CC(C=C2CCCCC2P(Cl)(Cl)(C2CCCCC2)C2CCCCC2)(c2c(C(C)C)cccc2C(C)C)C1=C1NCCN1. The fraction of sp³-hybridized carbons (Fsp3) is 0.615. The summed E-state index contributed by atoms with van der Waals surface area (Å²) in [6.07, 6.45) is 27.6. The molecule has 3 saturated carbocycles. The van der Waals surface area contributed by atoms with E-state index in [1.54, 1.807) is 5.57 Å². The maximum absolute atomic E-state index is 8.79. The van der Waals surface area contributed by atoms with Crippen molar-refractivity contribution >= 4 is 33.4 Å². The molecule has 2 nitrogen and oxygen atoms in total. The van der Waals surface area contributed by atoms with Crippen molar-refractivity contribution in [3.8, 4) is 0 Å². The summed E-state index contributed by atoms with van der Waals surface area (Å²) in [5.74, 6) is 2.67. The van der Waals surface area contributed by atoms with E-state index in [9.17, 15) is 0 Å². The summed E-state index contributed by atoms with van der Waals surface area (Å²) < 4.78 is 0. The Morgan fingerprint density at radius 2 is 1.11 bits per heavy atom. The first-order valence-corrected chi connectivity index (χ1v) is 27.6. The van der Waals surface area contributed by atoms with E-state index in [-0.39, 0.29) is 5.66 Å². The summed E-state index contributed by atoms with van der Waals surface area (Å²) in [4.78, 5) is 0. The van der Waals surface area contributed by atoms with Gasteiger partial charge >= 0.3 is 359 Å². The first kappa shape index (κ1) is 43.1. The Balaban J connectivity index is 1.59. The van der Waals surface area contributed by atoms with Gasteiger partial charge in [-0.2, -0.15) is 0 Å². The third kappa shape index (κ3) is 7.90. The number of hydrogen-bond acceptors (Lipinski definition) is 2. The van der Waals surface area contributed by atoms with Gasteiger partial charge in [0.25, 0.3) is 0 Å². The van der Waals surface area contributed by atoms with Crippen LogP contribution in [0.3, 0.4) is 0 Å². The molecule has 1 aliphatic heterocycles. The maximum atomic E-state index is 8.79. The fourth-order valence-corrected chi connectivity index (χ4v) is 21.7. The van der Waals surface area contributed by atoms with Crippen molar-refractivity contribution in [3.63, 3.8) is 0 Å². The number of halogens is 2. The average Bonchev–Trinajstić information content (AvgIpc) is 3.75. The molecule has 312 valence electrons. The Morgan fingerprint density at radius 3 is 1.60 bits per heavy atom. The molecule has 0 spiro atoms. The van der Waals surface area contributed by atoms with Crippen molar-refractivity contribution in [1.82, 2.24) is 10.6 Å². The molecule has 2 N–H and O–H groups in total. The number of nitrogens with one attached hydrogen (secondary N) is 2. The quantitative estimate of drug-likeness (QED) is 0.184. The Labute approximate surface area is 357 Å². The summed E-state index contributed by atoms with van der Waals surface area (Å²) >= 11 is 17.6. The zero-order chi connectivity index (χ0) is 40.6. The van der Waals surface area contributed by atoms with Crippen molar-refractivity contribution < 1.29 is 0 Å². The standard InChI is InChI=1S/C52H75Cl2N2P/c1-35(2)42-25-17-26-43(36(3)4)48(42)46-29-19-31-52(50(46)51-55-32-33-56-51,49-44(37(5)6)27-18-28-45(49)38(7)8)34-39-20-15-16-30-47(39)57(53,54,40-21-11-9-12-22-40)41-23-13-10-14-24-41/h17-19,25-29,31,34-38,40-41,47,55-56H,9-16,20-24,30,32-33H2,1-8H3. The molecule has 2 aromatic carbocycles. The second-order valence-corrected chi connectivity index (χ2v) is 29.1. The minimum absolute atomic E-state index is 0.248. The molecule has 1 saturated heterocycles. The van der Waals surface area contributed by atoms with E-state index in [4.69, 9.17) is 22.5 Å². The Kier molecular flexibility index (Phi) is 13.3. The average molecular weight is 830 g/mol. The third-order valence-corrected chi connectivity index (χ3v) is 25.2. The van der Waals surface area contributed by atoms with Crippen LogP contribution in [-0.2, 0) is 5.41 Å². The van der Waals surface area contributed by atoms with Gasteiger partial charge in [0, 0.05) is 0 Å². The van der Waals surface area contributed by atoms with Crippen LogP contribution >= 0.6 is 27.8 Å². The van der Waals surface area contributed by atoms with Gasteiger partial charge < -0.3 is 0 Å². The molecule has 2 unspecified atom stereocenters. The van der Waals surface area contributed by atoms with Crippen molar-refractivity contribution in [2.24, 2.45) is 0 Å². The van der Waals surface area contributed by atoms with Gasteiger partial charge in [0.15, 0.2) is 0 Å². The van der Waals surface area contributed by atoms with Crippen LogP contribution < -0.4 is 10.6 Å². The van der Waals surface area contributed by atoms with Gasteiger partial charge in [-0.3, -0.25) is 0 Å². The molecular weight excluding hydrogens is 754 g/mol. The zero-order valence-electron chi connectivity index (χ0n) is 36.8. The molecule has 0 aromatic heterocycles. The van der Waals surface area contributed by atoms with Crippen molar-refractivity contribution in [2.75, 3.05) is 13.1 Å². The molecule has 0 bridgehead atoms. The molecule has 1 heterocycles. The molecule has 4 aliphatic carbocycles. The van der Waals surface area contributed by atoms with Gasteiger partial charge in [-0.05, 0) is 0 Å². The van der Waals surface area contributed by atoms with Crippen LogP contribution in [0, 0.1) is 0 Å². The molecule has 5 aliphatic rings. The number of rotatable bonds is 10. The van der Waals surface area contributed by atoms with Gasteiger partial charge in [0.05, 0.1) is 0 Å². The normalized spacial score (nSPS) is 25.6. The van der Waals surface area contributed by atoms with Crippen molar-refractivity contribution in [2.45, 2.75) is 191 Å². The molecule has 57 heavy (non-hydrogen) atoms. The molecule has 2 atom stereocenters. The van der Waals surface area contributed by atoms with Gasteiger partial charge in [-0.15, -0.1) is 0 Å². The molecule has 2 aromatic rings. The van der Waals surface area contributed by atoms with E-state index in [0.717, 1.165) is 25.9 Å². The van der Waals surface area contributed by atoms with Crippen LogP contribution in [0.5, 0.6) is 0 Å². The molecule has 5 heteroatoms. The fourth-order valence-electron chi connectivity index (χ4n) is 12.1. The molecular formula is C52H75Cl2N2P. The second kappa shape index (κ2) is 17.5. The van der Waals surface area contributed by atoms with Gasteiger partial charge in [0.1, 0.15) is 0 Å². The van der Waals surface area contributed by atoms with E-state index in [1.165, 1.54) is 127 Å². The summed E-state index contributed by atoms with van der Waals surface area (Å²) in [5, 5.41) is 4.59. The number of allylic oxidation sites excluding steroid dienone is 7. The van der Waals surface area contributed by atoms with E-state index in [1.807, 2.05) is 0 Å². The van der Waals surface area contributed by atoms with E-state index in [0.29, 0.717) is 35.0 Å². The van der Waals surface area contributed by atoms with Crippen molar-refractivity contribution in [3.05, 3.63) is 111 Å². The van der Waals surface area contributed by atoms with E-state index >= 15 is 0 Å². The van der Waals surface area contributed by atoms with Crippen LogP contribution in [0.4, 0.5) is 0 Å². The Bertz CT molecular complexity index is 1800. The van der Waals surface area contributed by atoms with E-state index < -0.39 is 10.7 Å². The summed E-state index contributed by atoms with van der Waals surface area (Å²) in [6.45, 7) is 20.9. The number of benzene rings is 2. The van der Waals surface area contributed by atoms with Crippen LogP contribution in [0.25, 0.3) is 5.57 Å². The third-order valence-electron chi connectivity index (χ3n) is 14.9. The van der Waals surface area contributed by atoms with Crippen LogP contribution in [0.2, 0.25) is 0 Å². The minimum atomic E-state index is -3.32. The molecule has 0 radical (unpaired) electrons. The second-order valence-electron chi connectivity index (χ2n) is 19.8. The topological polar surface area (TPSA) is 24.1 Å². The number of hydrogen-bond donors (Lipinski definition) is 2. The molecule has 7 rings (SSSR count). The molecule has 4 fully saturated rings. The van der Waals surface area contributed by atoms with Crippen molar-refractivity contribution in [1.29, 1.82) is 0 Å². The zero-order valence-corrected chi connectivity index (χ0v) is 39.2.